The third-order valence-electron chi connectivity index (χ3n) is 1.01. The molecule has 0 aromatic carbocycles. The topological polar surface area (TPSA) is 38.9 Å². The Morgan fingerprint density at radius 3 is 2.36 bits per heavy atom. The molecule has 11 heavy (non-hydrogen) atoms. The van der Waals surface area contributed by atoms with Crippen molar-refractivity contribution in [2.45, 2.75) is 20.8 Å². The normalized spacial score (nSPS) is 8.36. The van der Waals surface area contributed by atoms with E-state index in [1.807, 2.05) is 13.8 Å². The monoisotopic (exact) mass is 156 g/mol. The lowest BCUT2D eigenvalue weighted by Crippen LogP contribution is -1.94. The van der Waals surface area contributed by atoms with Gasteiger partial charge in [-0.1, -0.05) is 13.8 Å². The van der Waals surface area contributed by atoms with E-state index >= 15 is 0 Å². The van der Waals surface area contributed by atoms with E-state index < -0.39 is 5.82 Å². The molecule has 1 rings (SSSR count). The Morgan fingerprint density at radius 2 is 2.00 bits per heavy atom. The lowest BCUT2D eigenvalue weighted by atomic mass is 10.3. The van der Waals surface area contributed by atoms with Crippen molar-refractivity contribution < 1.29 is 4.39 Å². The van der Waals surface area contributed by atoms with Crippen molar-refractivity contribution in [3.8, 4) is 0 Å². The van der Waals surface area contributed by atoms with Gasteiger partial charge in [0.15, 0.2) is 11.6 Å². The number of hydrogen-bond acceptors (Lipinski definition) is 2. The van der Waals surface area contributed by atoms with Gasteiger partial charge in [-0.3, -0.25) is 0 Å². The molecule has 0 saturated carbocycles. The predicted molar refractivity (Wildman–Crippen MR) is 44.7 cm³/mol. The van der Waals surface area contributed by atoms with Crippen LogP contribution in [0.25, 0.3) is 0 Å². The quantitative estimate of drug-likeness (QED) is 0.625. The van der Waals surface area contributed by atoms with E-state index in [-0.39, 0.29) is 5.82 Å². The van der Waals surface area contributed by atoms with Crippen LogP contribution in [0.5, 0.6) is 0 Å². The predicted octanol–water partition coefficient (Wildman–Crippen LogP) is 2.14. The van der Waals surface area contributed by atoms with Crippen LogP contribution in [-0.2, 0) is 0 Å². The Hall–Kier alpha value is -1.12. The van der Waals surface area contributed by atoms with Crippen LogP contribution in [0.1, 0.15) is 19.4 Å². The fourth-order valence-electron chi connectivity index (χ4n) is 0.544. The molecule has 1 heterocycles. The fraction of sp³-hybridized carbons (Fsp3) is 0.375. The summed E-state index contributed by atoms with van der Waals surface area (Å²) >= 11 is 0. The van der Waals surface area contributed by atoms with Crippen molar-refractivity contribution in [3.05, 3.63) is 23.6 Å². The number of aryl methyl sites for hydroxylation is 1. The lowest BCUT2D eigenvalue weighted by Gasteiger charge is -1.93. The summed E-state index contributed by atoms with van der Waals surface area (Å²) in [5, 5.41) is 0. The second kappa shape index (κ2) is 4.66. The highest BCUT2D eigenvalue weighted by atomic mass is 19.1. The standard InChI is InChI=1S/C6H7FN2.C2H6/c1-4-2-5(7)6(8)9-3-4;1-2/h2-3H,1H3,(H2,8,9);1-2H3. The van der Waals surface area contributed by atoms with Crippen LogP contribution >= 0.6 is 0 Å². The van der Waals surface area contributed by atoms with Crippen LogP contribution in [0.15, 0.2) is 12.3 Å². The Bertz CT molecular complexity index is 223. The second-order valence-corrected chi connectivity index (χ2v) is 1.88. The van der Waals surface area contributed by atoms with Crippen LogP contribution in [0.2, 0.25) is 0 Å². The molecule has 0 radical (unpaired) electrons. The number of aromatic nitrogens is 1. The number of rotatable bonds is 0. The van der Waals surface area contributed by atoms with Gasteiger partial charge in [-0.15, -0.1) is 0 Å². The SMILES string of the molecule is CC.Cc1cnc(N)c(F)c1. The largest absolute Gasteiger partial charge is 0.381 e. The molecule has 0 unspecified atom stereocenters. The van der Waals surface area contributed by atoms with Gasteiger partial charge in [-0.05, 0) is 18.6 Å². The van der Waals surface area contributed by atoms with E-state index in [2.05, 4.69) is 4.98 Å². The Labute approximate surface area is 66.3 Å². The van der Waals surface area contributed by atoms with E-state index in [1.54, 1.807) is 6.92 Å². The molecule has 0 amide bonds. The second-order valence-electron chi connectivity index (χ2n) is 1.88. The van der Waals surface area contributed by atoms with Crippen molar-refractivity contribution in [3.63, 3.8) is 0 Å². The van der Waals surface area contributed by atoms with Crippen molar-refractivity contribution in [2.75, 3.05) is 5.73 Å². The molecule has 1 aromatic rings. The van der Waals surface area contributed by atoms with Gasteiger partial charge in [0.25, 0.3) is 0 Å². The third kappa shape index (κ3) is 2.98. The maximum absolute atomic E-state index is 12.4. The first-order valence-corrected chi connectivity index (χ1v) is 3.58. The minimum Gasteiger partial charge on any atom is -0.381 e. The first kappa shape index (κ1) is 9.88. The number of nitrogens with two attached hydrogens (primary N) is 1. The number of nitrogens with zero attached hydrogens (tertiary/aromatic N) is 1. The van der Waals surface area contributed by atoms with Crippen LogP contribution in [0.4, 0.5) is 10.2 Å². The summed E-state index contributed by atoms with van der Waals surface area (Å²) in [6, 6.07) is 1.35. The van der Waals surface area contributed by atoms with Crippen molar-refractivity contribution in [2.24, 2.45) is 0 Å². The molecule has 62 valence electrons. The van der Waals surface area contributed by atoms with Gasteiger partial charge < -0.3 is 5.73 Å². The van der Waals surface area contributed by atoms with Crippen molar-refractivity contribution >= 4 is 5.82 Å². The first-order valence-electron chi connectivity index (χ1n) is 3.58. The summed E-state index contributed by atoms with van der Waals surface area (Å²) in [5.41, 5.74) is 5.88. The Balaban J connectivity index is 0.000000461. The molecular formula is C8H13FN2. The summed E-state index contributed by atoms with van der Waals surface area (Å²) < 4.78 is 12.4. The molecule has 0 atom stereocenters. The van der Waals surface area contributed by atoms with Gasteiger partial charge in [0.05, 0.1) is 0 Å². The van der Waals surface area contributed by atoms with Crippen LogP contribution in [-0.4, -0.2) is 4.98 Å². The number of hydrogen-bond donors (Lipinski definition) is 1. The van der Waals surface area contributed by atoms with E-state index in [4.69, 9.17) is 5.73 Å². The molecule has 0 aliphatic rings. The summed E-state index contributed by atoms with van der Waals surface area (Å²) in [6.07, 6.45) is 1.53. The molecule has 0 aliphatic carbocycles. The zero-order valence-corrected chi connectivity index (χ0v) is 7.06. The molecule has 0 spiro atoms. The number of nitrogen functional groups attached to an aromatic ring is 1. The average molecular weight is 156 g/mol. The zero-order valence-electron chi connectivity index (χ0n) is 7.06. The number of halogens is 1. The van der Waals surface area contributed by atoms with Gasteiger partial charge in [-0.2, -0.15) is 0 Å². The minimum absolute atomic E-state index is 0.0411. The summed E-state index contributed by atoms with van der Waals surface area (Å²) in [5.74, 6) is -0.490. The maximum Gasteiger partial charge on any atom is 0.165 e. The van der Waals surface area contributed by atoms with E-state index in [1.165, 1.54) is 12.3 Å². The molecule has 3 heteroatoms. The van der Waals surface area contributed by atoms with Gasteiger partial charge in [0.2, 0.25) is 0 Å². The molecule has 1 aromatic heterocycles. The Kier molecular flexibility index (Phi) is 4.18. The van der Waals surface area contributed by atoms with Gasteiger partial charge >= 0.3 is 0 Å². The summed E-state index contributed by atoms with van der Waals surface area (Å²) in [7, 11) is 0. The highest BCUT2D eigenvalue weighted by Crippen LogP contribution is 2.05. The third-order valence-corrected chi connectivity index (χ3v) is 1.01. The molecule has 0 bridgehead atoms. The molecule has 2 nitrogen and oxygen atoms in total. The maximum atomic E-state index is 12.4. The summed E-state index contributed by atoms with van der Waals surface area (Å²) in [6.45, 7) is 5.76. The highest BCUT2D eigenvalue weighted by Gasteiger charge is 1.95. The summed E-state index contributed by atoms with van der Waals surface area (Å²) in [4.78, 5) is 3.58. The number of pyridine rings is 1. The molecule has 0 fully saturated rings. The van der Waals surface area contributed by atoms with E-state index in [0.717, 1.165) is 5.56 Å². The smallest absolute Gasteiger partial charge is 0.165 e. The lowest BCUT2D eigenvalue weighted by molar-refractivity contribution is 0.626. The first-order chi connectivity index (χ1) is 5.20. The zero-order chi connectivity index (χ0) is 8.85. The van der Waals surface area contributed by atoms with Gasteiger partial charge in [-0.25, -0.2) is 9.37 Å². The van der Waals surface area contributed by atoms with Crippen LogP contribution in [0, 0.1) is 12.7 Å². The minimum atomic E-state index is -0.449. The fourth-order valence-corrected chi connectivity index (χ4v) is 0.544. The molecular weight excluding hydrogens is 143 g/mol. The van der Waals surface area contributed by atoms with Crippen molar-refractivity contribution in [1.29, 1.82) is 0 Å². The average Bonchev–Trinajstić information content (AvgIpc) is 2.02. The van der Waals surface area contributed by atoms with Crippen LogP contribution < -0.4 is 5.73 Å². The van der Waals surface area contributed by atoms with Gasteiger partial charge in [0, 0.05) is 6.20 Å². The van der Waals surface area contributed by atoms with Crippen molar-refractivity contribution in [1.82, 2.24) is 4.98 Å². The van der Waals surface area contributed by atoms with E-state index in [0.29, 0.717) is 0 Å². The van der Waals surface area contributed by atoms with Gasteiger partial charge in [0.1, 0.15) is 0 Å². The number of anilines is 1. The van der Waals surface area contributed by atoms with Crippen LogP contribution in [0.3, 0.4) is 0 Å². The Morgan fingerprint density at radius 1 is 1.45 bits per heavy atom. The van der Waals surface area contributed by atoms with E-state index in [9.17, 15) is 4.39 Å². The highest BCUT2D eigenvalue weighted by molar-refractivity contribution is 5.31. The molecule has 0 saturated heterocycles. The molecule has 0 aliphatic heterocycles. The molecule has 2 N–H and O–H groups in total.